The molecule has 4 nitrogen and oxygen atoms in total. The molecule has 2 rings (SSSR count). The SMILES string of the molecule is CN(CCN(C)c1ccccc1)Cc1cnc(N)s1. The van der Waals surface area contributed by atoms with Crippen LogP contribution >= 0.6 is 11.3 Å². The fourth-order valence-electron chi connectivity index (χ4n) is 1.87. The van der Waals surface area contributed by atoms with E-state index in [1.54, 1.807) is 11.3 Å². The molecule has 0 aliphatic rings. The molecule has 1 aromatic carbocycles. The van der Waals surface area contributed by atoms with Gasteiger partial charge in [0.25, 0.3) is 0 Å². The number of rotatable bonds is 6. The molecule has 1 heterocycles. The Hall–Kier alpha value is -1.59. The molecule has 0 spiro atoms. The van der Waals surface area contributed by atoms with E-state index in [1.807, 2.05) is 12.3 Å². The highest BCUT2D eigenvalue weighted by Crippen LogP contribution is 2.16. The Morgan fingerprint density at radius 3 is 2.53 bits per heavy atom. The second-order valence-electron chi connectivity index (χ2n) is 4.66. The number of thiazole rings is 1. The van der Waals surface area contributed by atoms with Gasteiger partial charge in [0.05, 0.1) is 0 Å². The highest BCUT2D eigenvalue weighted by atomic mass is 32.1. The molecule has 0 radical (unpaired) electrons. The molecule has 1 aromatic heterocycles. The fraction of sp³-hybridized carbons (Fsp3) is 0.357. The van der Waals surface area contributed by atoms with E-state index in [2.05, 4.69) is 53.1 Å². The molecule has 0 fully saturated rings. The normalized spacial score (nSPS) is 10.9. The first-order valence-electron chi connectivity index (χ1n) is 6.30. The Morgan fingerprint density at radius 1 is 1.16 bits per heavy atom. The van der Waals surface area contributed by atoms with Gasteiger partial charge in [-0.1, -0.05) is 18.2 Å². The monoisotopic (exact) mass is 276 g/mol. The molecule has 5 heteroatoms. The minimum atomic E-state index is 0.643. The van der Waals surface area contributed by atoms with Gasteiger partial charge in [0.15, 0.2) is 5.13 Å². The van der Waals surface area contributed by atoms with Gasteiger partial charge in [0.2, 0.25) is 0 Å². The van der Waals surface area contributed by atoms with Gasteiger partial charge < -0.3 is 10.6 Å². The predicted molar refractivity (Wildman–Crippen MR) is 82.6 cm³/mol. The van der Waals surface area contributed by atoms with E-state index in [4.69, 9.17) is 5.73 Å². The van der Waals surface area contributed by atoms with Crippen molar-refractivity contribution >= 4 is 22.2 Å². The summed E-state index contributed by atoms with van der Waals surface area (Å²) in [6.07, 6.45) is 1.86. The minimum Gasteiger partial charge on any atom is -0.375 e. The van der Waals surface area contributed by atoms with Crippen molar-refractivity contribution < 1.29 is 0 Å². The van der Waals surface area contributed by atoms with Gasteiger partial charge in [0, 0.05) is 43.4 Å². The molecule has 0 aliphatic heterocycles. The van der Waals surface area contributed by atoms with Crippen LogP contribution in [0.15, 0.2) is 36.5 Å². The number of nitrogens with two attached hydrogens (primary N) is 1. The van der Waals surface area contributed by atoms with Crippen LogP contribution in [-0.4, -0.2) is 37.1 Å². The number of likely N-dealkylation sites (N-methyl/N-ethyl adjacent to an activating group) is 2. The van der Waals surface area contributed by atoms with Gasteiger partial charge in [-0.05, 0) is 19.2 Å². The molecule has 0 unspecified atom stereocenters. The summed E-state index contributed by atoms with van der Waals surface area (Å²) in [6.45, 7) is 2.90. The maximum Gasteiger partial charge on any atom is 0.180 e. The highest BCUT2D eigenvalue weighted by Gasteiger charge is 2.05. The number of nitrogens with zero attached hydrogens (tertiary/aromatic N) is 3. The third kappa shape index (κ3) is 4.22. The number of benzene rings is 1. The van der Waals surface area contributed by atoms with E-state index in [-0.39, 0.29) is 0 Å². The van der Waals surface area contributed by atoms with Crippen LogP contribution in [0.3, 0.4) is 0 Å². The van der Waals surface area contributed by atoms with Crippen molar-refractivity contribution in [1.82, 2.24) is 9.88 Å². The maximum atomic E-state index is 5.63. The summed E-state index contributed by atoms with van der Waals surface area (Å²) in [5, 5.41) is 0.643. The van der Waals surface area contributed by atoms with Gasteiger partial charge >= 0.3 is 0 Å². The number of aromatic nitrogens is 1. The van der Waals surface area contributed by atoms with Crippen LogP contribution in [0.1, 0.15) is 4.88 Å². The number of hydrogen-bond donors (Lipinski definition) is 1. The summed E-state index contributed by atoms with van der Waals surface area (Å²) < 4.78 is 0. The van der Waals surface area contributed by atoms with Crippen molar-refractivity contribution in [3.05, 3.63) is 41.4 Å². The van der Waals surface area contributed by atoms with Crippen LogP contribution in [0, 0.1) is 0 Å². The van der Waals surface area contributed by atoms with Crippen molar-refractivity contribution in [2.24, 2.45) is 0 Å². The summed E-state index contributed by atoms with van der Waals surface area (Å²) in [5.74, 6) is 0. The zero-order valence-electron chi connectivity index (χ0n) is 11.4. The van der Waals surface area contributed by atoms with E-state index in [1.165, 1.54) is 10.6 Å². The van der Waals surface area contributed by atoms with E-state index < -0.39 is 0 Å². The zero-order valence-corrected chi connectivity index (χ0v) is 12.2. The second-order valence-corrected chi connectivity index (χ2v) is 5.81. The Bertz CT molecular complexity index is 497. The smallest absolute Gasteiger partial charge is 0.180 e. The van der Waals surface area contributed by atoms with E-state index in [0.29, 0.717) is 5.13 Å². The Kier molecular flexibility index (Phi) is 4.76. The molecule has 0 bridgehead atoms. The minimum absolute atomic E-state index is 0.643. The summed E-state index contributed by atoms with van der Waals surface area (Å²) in [7, 11) is 4.24. The molecule has 2 N–H and O–H groups in total. The van der Waals surface area contributed by atoms with Gasteiger partial charge in [-0.2, -0.15) is 0 Å². The lowest BCUT2D eigenvalue weighted by atomic mass is 10.3. The number of nitrogen functional groups attached to an aromatic ring is 1. The van der Waals surface area contributed by atoms with Gasteiger partial charge in [-0.25, -0.2) is 4.98 Å². The second kappa shape index (κ2) is 6.54. The molecule has 19 heavy (non-hydrogen) atoms. The van der Waals surface area contributed by atoms with Crippen LogP contribution < -0.4 is 10.6 Å². The first kappa shape index (κ1) is 13.8. The van der Waals surface area contributed by atoms with Gasteiger partial charge in [-0.15, -0.1) is 11.3 Å². The third-order valence-corrected chi connectivity index (χ3v) is 3.82. The molecule has 102 valence electrons. The molecule has 0 amide bonds. The average molecular weight is 276 g/mol. The molecular formula is C14H20N4S. The van der Waals surface area contributed by atoms with Crippen LogP contribution in [-0.2, 0) is 6.54 Å². The Balaban J connectivity index is 1.79. The number of para-hydroxylation sites is 1. The quantitative estimate of drug-likeness (QED) is 0.879. The van der Waals surface area contributed by atoms with Crippen LogP contribution in [0.5, 0.6) is 0 Å². The van der Waals surface area contributed by atoms with E-state index in [9.17, 15) is 0 Å². The van der Waals surface area contributed by atoms with E-state index in [0.717, 1.165) is 19.6 Å². The first-order chi connectivity index (χ1) is 9.15. The molecule has 0 saturated carbocycles. The fourth-order valence-corrected chi connectivity index (χ4v) is 2.64. The zero-order chi connectivity index (χ0) is 13.7. The summed E-state index contributed by atoms with van der Waals surface area (Å²) in [5.41, 5.74) is 6.88. The molecule has 0 aliphatic carbocycles. The summed E-state index contributed by atoms with van der Waals surface area (Å²) in [6, 6.07) is 10.4. The molecule has 0 saturated heterocycles. The summed E-state index contributed by atoms with van der Waals surface area (Å²) in [4.78, 5) is 9.83. The largest absolute Gasteiger partial charge is 0.375 e. The lowest BCUT2D eigenvalue weighted by Gasteiger charge is -2.23. The van der Waals surface area contributed by atoms with Gasteiger partial charge in [-0.3, -0.25) is 4.90 Å². The standard InChI is InChI=1S/C14H20N4S/c1-17(11-13-10-16-14(15)19-13)8-9-18(2)12-6-4-3-5-7-12/h3-7,10H,8-9,11H2,1-2H3,(H2,15,16). The van der Waals surface area contributed by atoms with Crippen LogP contribution in [0.2, 0.25) is 0 Å². The Labute approximate surface area is 118 Å². The van der Waals surface area contributed by atoms with Crippen molar-refractivity contribution in [1.29, 1.82) is 0 Å². The van der Waals surface area contributed by atoms with Gasteiger partial charge in [0.1, 0.15) is 0 Å². The summed E-state index contributed by atoms with van der Waals surface area (Å²) >= 11 is 1.56. The van der Waals surface area contributed by atoms with Crippen LogP contribution in [0.4, 0.5) is 10.8 Å². The van der Waals surface area contributed by atoms with Crippen molar-refractivity contribution in [2.75, 3.05) is 37.8 Å². The van der Waals surface area contributed by atoms with Crippen molar-refractivity contribution in [3.8, 4) is 0 Å². The third-order valence-electron chi connectivity index (χ3n) is 3.01. The molecule has 2 aromatic rings. The number of anilines is 2. The highest BCUT2D eigenvalue weighted by molar-refractivity contribution is 7.15. The van der Waals surface area contributed by atoms with Crippen molar-refractivity contribution in [3.63, 3.8) is 0 Å². The molecular weight excluding hydrogens is 256 g/mol. The Morgan fingerprint density at radius 2 is 1.89 bits per heavy atom. The maximum absolute atomic E-state index is 5.63. The first-order valence-corrected chi connectivity index (χ1v) is 7.11. The number of hydrogen-bond acceptors (Lipinski definition) is 5. The molecule has 0 atom stereocenters. The lowest BCUT2D eigenvalue weighted by Crippen LogP contribution is -2.30. The van der Waals surface area contributed by atoms with Crippen molar-refractivity contribution in [2.45, 2.75) is 6.54 Å². The topological polar surface area (TPSA) is 45.4 Å². The average Bonchev–Trinajstić information content (AvgIpc) is 2.82. The predicted octanol–water partition coefficient (Wildman–Crippen LogP) is 2.29. The van der Waals surface area contributed by atoms with Crippen LogP contribution in [0.25, 0.3) is 0 Å². The van der Waals surface area contributed by atoms with E-state index >= 15 is 0 Å². The lowest BCUT2D eigenvalue weighted by molar-refractivity contribution is 0.337.